The first kappa shape index (κ1) is 17.6. The molecular weight excluding hydrogens is 345 g/mol. The van der Waals surface area contributed by atoms with E-state index in [4.69, 9.17) is 32.7 Å². The largest absolute Gasteiger partial charge is 0.489 e. The summed E-state index contributed by atoms with van der Waals surface area (Å²) < 4.78 is 11.4. The average molecular weight is 366 g/mol. The molecule has 0 radical (unpaired) electrons. The zero-order chi connectivity index (χ0) is 16.8. The summed E-state index contributed by atoms with van der Waals surface area (Å²) in [6.07, 6.45) is 2.71. The fourth-order valence-electron chi connectivity index (χ4n) is 2.69. The average Bonchev–Trinajstić information content (AvgIpc) is 3.09. The molecule has 2 aromatic rings. The Hall–Kier alpha value is -1.26. The maximum atomic E-state index is 6.15. The molecule has 1 saturated heterocycles. The lowest BCUT2D eigenvalue weighted by Crippen LogP contribution is -2.25. The fourth-order valence-corrected chi connectivity index (χ4v) is 3.15. The molecule has 0 amide bonds. The van der Waals surface area contributed by atoms with Crippen molar-refractivity contribution in [3.05, 3.63) is 63.6 Å². The van der Waals surface area contributed by atoms with Gasteiger partial charge in [0.25, 0.3) is 0 Å². The van der Waals surface area contributed by atoms with Gasteiger partial charge in [-0.3, -0.25) is 0 Å². The van der Waals surface area contributed by atoms with Crippen LogP contribution < -0.4 is 10.1 Å². The lowest BCUT2D eigenvalue weighted by molar-refractivity contribution is 0.110. The van der Waals surface area contributed by atoms with Gasteiger partial charge in [0.05, 0.1) is 6.10 Å². The molecule has 1 fully saturated rings. The van der Waals surface area contributed by atoms with Crippen molar-refractivity contribution >= 4 is 23.2 Å². The maximum Gasteiger partial charge on any atom is 0.119 e. The minimum absolute atomic E-state index is 0.372. The SMILES string of the molecule is Clc1ccc(COc2ccc(CNC[C@H]3CCCO3)cc2)c(Cl)c1. The van der Waals surface area contributed by atoms with E-state index in [2.05, 4.69) is 17.4 Å². The zero-order valence-corrected chi connectivity index (χ0v) is 14.9. The topological polar surface area (TPSA) is 30.5 Å². The molecule has 1 N–H and O–H groups in total. The third-order valence-corrected chi connectivity index (χ3v) is 4.64. The van der Waals surface area contributed by atoms with Crippen LogP contribution in [0, 0.1) is 0 Å². The van der Waals surface area contributed by atoms with Crippen molar-refractivity contribution < 1.29 is 9.47 Å². The van der Waals surface area contributed by atoms with Gasteiger partial charge in [-0.15, -0.1) is 0 Å². The van der Waals surface area contributed by atoms with Crippen LogP contribution >= 0.6 is 23.2 Å². The predicted octanol–water partition coefficient (Wildman–Crippen LogP) is 4.84. The first-order valence-electron chi connectivity index (χ1n) is 8.19. The Kier molecular flexibility index (Phi) is 6.38. The van der Waals surface area contributed by atoms with Crippen molar-refractivity contribution in [3.63, 3.8) is 0 Å². The lowest BCUT2D eigenvalue weighted by Gasteiger charge is -2.11. The van der Waals surface area contributed by atoms with E-state index < -0.39 is 0 Å². The van der Waals surface area contributed by atoms with Crippen LogP contribution in [0.5, 0.6) is 5.75 Å². The quantitative estimate of drug-likeness (QED) is 0.761. The number of nitrogens with one attached hydrogen (secondary N) is 1. The van der Waals surface area contributed by atoms with Crippen molar-refractivity contribution in [2.24, 2.45) is 0 Å². The Labute approximate surface area is 152 Å². The van der Waals surface area contributed by atoms with E-state index in [1.54, 1.807) is 6.07 Å². The second kappa shape index (κ2) is 8.72. The van der Waals surface area contributed by atoms with Gasteiger partial charge in [0.2, 0.25) is 0 Å². The van der Waals surface area contributed by atoms with Gasteiger partial charge in [0, 0.05) is 35.3 Å². The van der Waals surface area contributed by atoms with E-state index >= 15 is 0 Å². The van der Waals surface area contributed by atoms with Crippen LogP contribution in [0.4, 0.5) is 0 Å². The summed E-state index contributed by atoms with van der Waals surface area (Å²) in [6, 6.07) is 13.5. The molecule has 24 heavy (non-hydrogen) atoms. The van der Waals surface area contributed by atoms with Gasteiger partial charge in [-0.25, -0.2) is 0 Å². The van der Waals surface area contributed by atoms with Crippen LogP contribution in [-0.2, 0) is 17.9 Å². The molecule has 1 heterocycles. The van der Waals surface area contributed by atoms with Crippen LogP contribution in [0.3, 0.4) is 0 Å². The Bertz CT molecular complexity index is 655. The number of ether oxygens (including phenoxy) is 2. The highest BCUT2D eigenvalue weighted by molar-refractivity contribution is 6.35. The Morgan fingerprint density at radius 1 is 1.12 bits per heavy atom. The predicted molar refractivity (Wildman–Crippen MR) is 97.9 cm³/mol. The number of rotatable bonds is 7. The van der Waals surface area contributed by atoms with Crippen molar-refractivity contribution in [2.75, 3.05) is 13.2 Å². The van der Waals surface area contributed by atoms with Gasteiger partial charge in [-0.05, 0) is 42.7 Å². The molecule has 0 saturated carbocycles. The van der Waals surface area contributed by atoms with E-state index in [1.165, 1.54) is 12.0 Å². The highest BCUT2D eigenvalue weighted by Crippen LogP contribution is 2.23. The van der Waals surface area contributed by atoms with Crippen LogP contribution in [0.2, 0.25) is 10.0 Å². The summed E-state index contributed by atoms with van der Waals surface area (Å²) in [6.45, 7) is 3.07. The standard InChI is InChI=1S/C19H21Cl2NO2/c20-16-6-5-15(19(21)10-16)13-24-17-7-3-14(4-8-17)11-22-12-18-2-1-9-23-18/h3-8,10,18,22H,1-2,9,11-13H2/t18-/m1/s1. The van der Waals surface area contributed by atoms with Crippen molar-refractivity contribution in [1.29, 1.82) is 0 Å². The normalized spacial score (nSPS) is 17.2. The van der Waals surface area contributed by atoms with Crippen LogP contribution in [-0.4, -0.2) is 19.3 Å². The summed E-state index contributed by atoms with van der Waals surface area (Å²) >= 11 is 12.0. The zero-order valence-electron chi connectivity index (χ0n) is 13.4. The molecular formula is C19H21Cl2NO2. The Morgan fingerprint density at radius 2 is 1.96 bits per heavy atom. The highest BCUT2D eigenvalue weighted by Gasteiger charge is 2.14. The van der Waals surface area contributed by atoms with Crippen molar-refractivity contribution in [1.82, 2.24) is 5.32 Å². The Balaban J connectivity index is 1.45. The number of halogens is 2. The molecule has 3 rings (SSSR count). The molecule has 1 aliphatic heterocycles. The van der Waals surface area contributed by atoms with Gasteiger partial charge < -0.3 is 14.8 Å². The molecule has 1 aliphatic rings. The fraction of sp³-hybridized carbons (Fsp3) is 0.368. The van der Waals surface area contributed by atoms with E-state index in [0.29, 0.717) is 22.8 Å². The third kappa shape index (κ3) is 5.12. The second-order valence-corrected chi connectivity index (χ2v) is 6.78. The minimum Gasteiger partial charge on any atom is -0.489 e. The van der Waals surface area contributed by atoms with E-state index in [0.717, 1.165) is 37.4 Å². The number of hydrogen-bond acceptors (Lipinski definition) is 3. The number of hydrogen-bond donors (Lipinski definition) is 1. The van der Waals surface area contributed by atoms with Crippen LogP contribution in [0.15, 0.2) is 42.5 Å². The summed E-state index contributed by atoms with van der Waals surface area (Å²) in [7, 11) is 0. The molecule has 0 unspecified atom stereocenters. The molecule has 0 spiro atoms. The molecule has 0 aromatic heterocycles. The molecule has 2 aromatic carbocycles. The van der Waals surface area contributed by atoms with E-state index in [9.17, 15) is 0 Å². The summed E-state index contributed by atoms with van der Waals surface area (Å²) in [5.74, 6) is 0.823. The second-order valence-electron chi connectivity index (χ2n) is 5.93. The summed E-state index contributed by atoms with van der Waals surface area (Å²) in [5.41, 5.74) is 2.15. The van der Waals surface area contributed by atoms with E-state index in [1.807, 2.05) is 24.3 Å². The first-order chi connectivity index (χ1) is 11.7. The summed E-state index contributed by atoms with van der Waals surface area (Å²) in [4.78, 5) is 0. The maximum absolute atomic E-state index is 6.15. The first-order valence-corrected chi connectivity index (χ1v) is 8.94. The molecule has 1 atom stereocenters. The van der Waals surface area contributed by atoms with Gasteiger partial charge in [0.15, 0.2) is 0 Å². The molecule has 3 nitrogen and oxygen atoms in total. The monoisotopic (exact) mass is 365 g/mol. The van der Waals surface area contributed by atoms with Gasteiger partial charge in [-0.1, -0.05) is 41.4 Å². The third-order valence-electron chi connectivity index (χ3n) is 4.06. The molecule has 0 bridgehead atoms. The van der Waals surface area contributed by atoms with Crippen molar-refractivity contribution in [2.45, 2.75) is 32.1 Å². The van der Waals surface area contributed by atoms with Gasteiger partial charge >= 0.3 is 0 Å². The Morgan fingerprint density at radius 3 is 2.67 bits per heavy atom. The lowest BCUT2D eigenvalue weighted by atomic mass is 10.2. The minimum atomic E-state index is 0.372. The smallest absolute Gasteiger partial charge is 0.119 e. The van der Waals surface area contributed by atoms with E-state index in [-0.39, 0.29) is 0 Å². The van der Waals surface area contributed by atoms with Crippen molar-refractivity contribution in [3.8, 4) is 5.75 Å². The van der Waals surface area contributed by atoms with Crippen LogP contribution in [0.1, 0.15) is 24.0 Å². The molecule has 128 valence electrons. The number of benzene rings is 2. The summed E-state index contributed by atoms with van der Waals surface area (Å²) in [5, 5.41) is 4.69. The molecule has 0 aliphatic carbocycles. The van der Waals surface area contributed by atoms with Crippen LogP contribution in [0.25, 0.3) is 0 Å². The highest BCUT2D eigenvalue weighted by atomic mass is 35.5. The molecule has 5 heteroatoms. The van der Waals surface area contributed by atoms with Gasteiger partial charge in [0.1, 0.15) is 12.4 Å². The van der Waals surface area contributed by atoms with Gasteiger partial charge in [-0.2, -0.15) is 0 Å².